The van der Waals surface area contributed by atoms with Crippen LogP contribution in [-0.2, 0) is 42.2 Å². The summed E-state index contributed by atoms with van der Waals surface area (Å²) in [6, 6.07) is 0. The molecule has 0 aromatic rings. The number of aliphatic hydroxyl groups excluding tert-OH is 1. The number of unbranched alkanes of at least 4 members (excludes halogenated alkanes) is 22. The number of phosphoric acid groups is 1. The quantitative estimate of drug-likeness (QED) is 0.0197. The summed E-state index contributed by atoms with van der Waals surface area (Å²) in [6.45, 7) is 4.44. The Hall–Kier alpha value is -3.08. The Balaban J connectivity index is 4.77. The van der Waals surface area contributed by atoms with E-state index < -0.39 is 57.8 Å². The molecule has 404 valence electrons. The van der Waals surface area contributed by atoms with Gasteiger partial charge in [0.2, 0.25) is 0 Å². The van der Waals surface area contributed by atoms with Crippen LogP contribution in [0.3, 0.4) is 0 Å². The van der Waals surface area contributed by atoms with Crippen molar-refractivity contribution in [1.82, 2.24) is 0 Å². The summed E-state index contributed by atoms with van der Waals surface area (Å²) in [6.07, 6.45) is 57.2. The van der Waals surface area contributed by atoms with Crippen molar-refractivity contribution in [3.63, 3.8) is 0 Å². The van der Waals surface area contributed by atoms with Crippen molar-refractivity contribution in [1.29, 1.82) is 0 Å². The van der Waals surface area contributed by atoms with Gasteiger partial charge in [0.05, 0.1) is 19.8 Å². The molecule has 0 aliphatic heterocycles. The second-order valence-corrected chi connectivity index (χ2v) is 19.8. The van der Waals surface area contributed by atoms with Crippen molar-refractivity contribution in [3.05, 3.63) is 72.9 Å². The molecule has 0 saturated carbocycles. The molecule has 0 fully saturated rings. The number of ether oxygens (including phenoxy) is 3. The van der Waals surface area contributed by atoms with Crippen molar-refractivity contribution < 1.29 is 52.2 Å². The molecule has 3 unspecified atom stereocenters. The summed E-state index contributed by atoms with van der Waals surface area (Å²) < 4.78 is 39.4. The fourth-order valence-electron chi connectivity index (χ4n) is 7.36. The average Bonchev–Trinajstić information content (AvgIpc) is 3.35. The van der Waals surface area contributed by atoms with Gasteiger partial charge in [0, 0.05) is 19.3 Å². The predicted molar refractivity (Wildman–Crippen MR) is 288 cm³/mol. The zero-order chi connectivity index (χ0) is 51.3. The number of aliphatic hydroxyl groups is 1. The molecule has 0 aliphatic rings. The van der Waals surface area contributed by atoms with E-state index in [1.54, 1.807) is 0 Å². The van der Waals surface area contributed by atoms with E-state index in [0.29, 0.717) is 19.3 Å². The van der Waals surface area contributed by atoms with Gasteiger partial charge in [-0.1, -0.05) is 209 Å². The molecular weight excluding hydrogens is 904 g/mol. The fraction of sp³-hybridized carbons (Fsp3) is 0.741. The fourth-order valence-corrected chi connectivity index (χ4v) is 8.15. The summed E-state index contributed by atoms with van der Waals surface area (Å²) in [5, 5.41) is 9.78. The highest BCUT2D eigenvalue weighted by molar-refractivity contribution is 7.47. The van der Waals surface area contributed by atoms with E-state index >= 15 is 0 Å². The number of phosphoric ester groups is 1. The van der Waals surface area contributed by atoms with E-state index in [2.05, 4.69) is 93.7 Å². The van der Waals surface area contributed by atoms with E-state index in [1.165, 1.54) is 70.6 Å². The Morgan fingerprint density at radius 2 is 0.757 bits per heavy atom. The second kappa shape index (κ2) is 52.2. The van der Waals surface area contributed by atoms with Crippen LogP contribution in [0.15, 0.2) is 72.9 Å². The van der Waals surface area contributed by atoms with E-state index in [9.17, 15) is 28.9 Å². The third-order valence-corrected chi connectivity index (χ3v) is 12.6. The maximum absolute atomic E-state index is 12.9. The Kier molecular flexibility index (Phi) is 50.0. The molecule has 2 N–H and O–H groups in total. The smallest absolute Gasteiger partial charge is 0.462 e. The summed E-state index contributed by atoms with van der Waals surface area (Å²) in [5.41, 5.74) is 0. The summed E-state index contributed by atoms with van der Waals surface area (Å²) in [5.74, 6) is -1.51. The van der Waals surface area contributed by atoms with Crippen LogP contribution in [0.1, 0.15) is 239 Å². The third kappa shape index (κ3) is 49.9. The van der Waals surface area contributed by atoms with E-state index in [-0.39, 0.29) is 25.9 Å². The Labute approximate surface area is 427 Å². The normalized spacial score (nSPS) is 14.0. The van der Waals surface area contributed by atoms with E-state index in [4.69, 9.17) is 23.3 Å². The number of hydrogen-bond acceptors (Lipinski definition) is 10. The second-order valence-electron chi connectivity index (χ2n) is 18.4. The summed E-state index contributed by atoms with van der Waals surface area (Å²) >= 11 is 0. The molecule has 3 atom stereocenters. The molecule has 0 radical (unpaired) electrons. The van der Waals surface area contributed by atoms with Crippen LogP contribution in [0, 0.1) is 0 Å². The number of carbonyl (C=O) groups excluding carboxylic acids is 3. The largest absolute Gasteiger partial charge is 0.472 e. The highest BCUT2D eigenvalue weighted by atomic mass is 31.2. The molecule has 0 aliphatic carbocycles. The first-order chi connectivity index (χ1) is 34.2. The van der Waals surface area contributed by atoms with Crippen molar-refractivity contribution in [3.8, 4) is 0 Å². The third-order valence-electron chi connectivity index (χ3n) is 11.6. The lowest BCUT2D eigenvalue weighted by molar-refractivity contribution is -0.161. The molecule has 0 spiro atoms. The van der Waals surface area contributed by atoms with E-state index in [1.807, 2.05) is 0 Å². The summed E-state index contributed by atoms with van der Waals surface area (Å²) in [4.78, 5) is 48.4. The topological polar surface area (TPSA) is 155 Å². The Morgan fingerprint density at radius 1 is 0.414 bits per heavy atom. The number of rotatable bonds is 51. The molecule has 0 bridgehead atoms. The zero-order valence-electron chi connectivity index (χ0n) is 44.5. The van der Waals surface area contributed by atoms with Gasteiger partial charge < -0.3 is 24.2 Å². The van der Waals surface area contributed by atoms with Crippen LogP contribution in [0.25, 0.3) is 0 Å². The molecule has 0 amide bonds. The average molecular weight is 1010 g/mol. The van der Waals surface area contributed by atoms with Gasteiger partial charge in [-0.3, -0.25) is 23.4 Å². The van der Waals surface area contributed by atoms with Gasteiger partial charge in [0.1, 0.15) is 12.7 Å². The molecule has 12 heteroatoms. The Morgan fingerprint density at radius 3 is 1.21 bits per heavy atom. The van der Waals surface area contributed by atoms with Gasteiger partial charge in [-0.15, -0.1) is 0 Å². The van der Waals surface area contributed by atoms with Gasteiger partial charge in [0.25, 0.3) is 0 Å². The highest BCUT2D eigenvalue weighted by Crippen LogP contribution is 2.43. The lowest BCUT2D eigenvalue weighted by atomic mass is 10.0. The first kappa shape index (κ1) is 66.9. The molecule has 0 saturated heterocycles. The standard InChI is InChI=1S/C58H101O11P/c1-4-7-10-13-16-19-22-24-25-26-27-28-29-31-33-35-38-41-44-47-56(60)65-51-55(69-58(62)49-46-43-40-37-34-30-23-20-17-14-11-8-5-2)53-67-70(63,64)66-52-54(50-59)68-57(61)48-45-42-39-36-32-21-18-15-12-9-6-3/h7,10,15-16,18-19,24-25,27-28,31,33,54-55,59H,4-6,8-9,11-14,17,20-23,26,29-30,32,34-53H2,1-3H3,(H,63,64)/b10-7-,18-15-,19-16-,25-24-,28-27-,33-31-. The van der Waals surface area contributed by atoms with Gasteiger partial charge in [0.15, 0.2) is 6.10 Å². The van der Waals surface area contributed by atoms with Gasteiger partial charge in [-0.25, -0.2) is 4.57 Å². The van der Waals surface area contributed by atoms with E-state index in [0.717, 1.165) is 109 Å². The molecule has 0 heterocycles. The van der Waals surface area contributed by atoms with Crippen LogP contribution in [-0.4, -0.2) is 66.5 Å². The van der Waals surface area contributed by atoms with Crippen molar-refractivity contribution in [2.24, 2.45) is 0 Å². The maximum atomic E-state index is 12.9. The van der Waals surface area contributed by atoms with Crippen LogP contribution in [0.5, 0.6) is 0 Å². The molecule has 70 heavy (non-hydrogen) atoms. The molecular formula is C58H101O11P. The zero-order valence-corrected chi connectivity index (χ0v) is 45.4. The monoisotopic (exact) mass is 1000 g/mol. The van der Waals surface area contributed by atoms with Crippen LogP contribution in [0.4, 0.5) is 0 Å². The van der Waals surface area contributed by atoms with Gasteiger partial charge >= 0.3 is 25.7 Å². The van der Waals surface area contributed by atoms with Crippen LogP contribution < -0.4 is 0 Å². The minimum Gasteiger partial charge on any atom is -0.462 e. The first-order valence-electron chi connectivity index (χ1n) is 27.8. The van der Waals surface area contributed by atoms with Crippen molar-refractivity contribution in [2.75, 3.05) is 26.4 Å². The van der Waals surface area contributed by atoms with Crippen molar-refractivity contribution in [2.45, 2.75) is 251 Å². The highest BCUT2D eigenvalue weighted by Gasteiger charge is 2.28. The van der Waals surface area contributed by atoms with Crippen molar-refractivity contribution >= 4 is 25.7 Å². The number of allylic oxidation sites excluding steroid dienone is 12. The summed E-state index contributed by atoms with van der Waals surface area (Å²) in [7, 11) is -4.75. The number of carbonyl (C=O) groups is 3. The lowest BCUT2D eigenvalue weighted by Crippen LogP contribution is -2.30. The molecule has 0 aromatic carbocycles. The number of esters is 3. The first-order valence-corrected chi connectivity index (χ1v) is 29.3. The number of hydrogen-bond donors (Lipinski definition) is 2. The SMILES string of the molecule is CC/C=C\C/C=C\C/C=C\C/C=C\C/C=C\CCCCCC(=O)OCC(COP(=O)(O)OCC(CO)OC(=O)CCCCCCC/C=C\CCCC)OC(=O)CCCCCCCCCCCCCCC. The maximum Gasteiger partial charge on any atom is 0.472 e. The molecule has 0 aromatic heterocycles. The van der Waals surface area contributed by atoms with Crippen LogP contribution >= 0.6 is 7.82 Å². The minimum atomic E-state index is -4.75. The van der Waals surface area contributed by atoms with Gasteiger partial charge in [-0.2, -0.15) is 0 Å². The lowest BCUT2D eigenvalue weighted by Gasteiger charge is -2.21. The molecule has 0 rings (SSSR count). The van der Waals surface area contributed by atoms with Crippen LogP contribution in [0.2, 0.25) is 0 Å². The van der Waals surface area contributed by atoms with Gasteiger partial charge in [-0.05, 0) is 83.5 Å². The minimum absolute atomic E-state index is 0.160. The Bertz CT molecular complexity index is 1450. The predicted octanol–water partition coefficient (Wildman–Crippen LogP) is 16.1. The molecule has 11 nitrogen and oxygen atoms in total.